The molecule has 0 spiro atoms. The first-order valence-corrected chi connectivity index (χ1v) is 12.2. The molecule has 1 amide bonds. The molecule has 7 heteroatoms. The SMILES string of the molecule is CC(CC1CCCCC1)C(=O)N1CCC(O)(Cn2cnc(-c3ccccc3F)cc2=O)CC1. The smallest absolute Gasteiger partial charge is 0.253 e. The van der Waals surface area contributed by atoms with Crippen LogP contribution in [0.15, 0.2) is 41.5 Å². The third-order valence-electron chi connectivity index (χ3n) is 7.33. The van der Waals surface area contributed by atoms with E-state index in [1.54, 1.807) is 18.2 Å². The van der Waals surface area contributed by atoms with Gasteiger partial charge in [-0.05, 0) is 37.3 Å². The molecular formula is C26H34FN3O3. The van der Waals surface area contributed by atoms with Crippen molar-refractivity contribution in [3.8, 4) is 11.3 Å². The molecule has 2 aromatic rings. The highest BCUT2D eigenvalue weighted by molar-refractivity contribution is 5.78. The van der Waals surface area contributed by atoms with Gasteiger partial charge in [0.05, 0.1) is 24.2 Å². The van der Waals surface area contributed by atoms with Crippen LogP contribution in [0.3, 0.4) is 0 Å². The molecule has 178 valence electrons. The van der Waals surface area contributed by atoms with E-state index >= 15 is 0 Å². The number of halogens is 1. The van der Waals surface area contributed by atoms with E-state index in [4.69, 9.17) is 0 Å². The van der Waals surface area contributed by atoms with E-state index in [2.05, 4.69) is 4.98 Å². The van der Waals surface area contributed by atoms with Gasteiger partial charge in [0, 0.05) is 30.6 Å². The van der Waals surface area contributed by atoms with Crippen LogP contribution in [-0.2, 0) is 11.3 Å². The Kier molecular flexibility index (Phi) is 7.27. The van der Waals surface area contributed by atoms with Gasteiger partial charge in [-0.3, -0.25) is 14.2 Å². The predicted molar refractivity (Wildman–Crippen MR) is 125 cm³/mol. The Morgan fingerprint density at radius 3 is 2.58 bits per heavy atom. The lowest BCUT2D eigenvalue weighted by atomic mass is 9.82. The van der Waals surface area contributed by atoms with Gasteiger partial charge in [-0.1, -0.05) is 51.2 Å². The third kappa shape index (κ3) is 5.69. The third-order valence-corrected chi connectivity index (χ3v) is 7.33. The van der Waals surface area contributed by atoms with Crippen LogP contribution >= 0.6 is 0 Å². The molecule has 2 fully saturated rings. The van der Waals surface area contributed by atoms with Gasteiger partial charge in [-0.2, -0.15) is 0 Å². The van der Waals surface area contributed by atoms with Gasteiger partial charge in [0.15, 0.2) is 0 Å². The van der Waals surface area contributed by atoms with Gasteiger partial charge in [0.1, 0.15) is 5.82 Å². The van der Waals surface area contributed by atoms with Crippen LogP contribution in [0.2, 0.25) is 0 Å². The van der Waals surface area contributed by atoms with E-state index in [1.165, 1.54) is 55.1 Å². The molecule has 1 atom stereocenters. The summed E-state index contributed by atoms with van der Waals surface area (Å²) < 4.78 is 15.4. The zero-order chi connectivity index (χ0) is 23.4. The molecule has 1 aliphatic heterocycles. The van der Waals surface area contributed by atoms with Crippen molar-refractivity contribution in [2.24, 2.45) is 11.8 Å². The van der Waals surface area contributed by atoms with Crippen molar-refractivity contribution < 1.29 is 14.3 Å². The molecule has 1 unspecified atom stereocenters. The number of piperidine rings is 1. The molecule has 0 radical (unpaired) electrons. The van der Waals surface area contributed by atoms with E-state index < -0.39 is 11.4 Å². The highest BCUT2D eigenvalue weighted by Gasteiger charge is 2.36. The molecule has 1 saturated heterocycles. The Bertz CT molecular complexity index is 1020. The molecule has 1 N–H and O–H groups in total. The average Bonchev–Trinajstić information content (AvgIpc) is 2.81. The lowest BCUT2D eigenvalue weighted by Crippen LogP contribution is -2.50. The Hall–Kier alpha value is -2.54. The molecule has 4 rings (SSSR count). The zero-order valence-electron chi connectivity index (χ0n) is 19.4. The van der Waals surface area contributed by atoms with Crippen molar-refractivity contribution in [2.45, 2.75) is 70.4 Å². The molecule has 1 aromatic heterocycles. The molecule has 0 bridgehead atoms. The normalized spacial score (nSPS) is 19.9. The quantitative estimate of drug-likeness (QED) is 0.714. The van der Waals surface area contributed by atoms with Crippen LogP contribution in [0.1, 0.15) is 58.3 Å². The summed E-state index contributed by atoms with van der Waals surface area (Å²) in [4.78, 5) is 31.7. The molecule has 2 aliphatic rings. The first-order valence-electron chi connectivity index (χ1n) is 12.2. The number of likely N-dealkylation sites (tertiary alicyclic amines) is 1. The topological polar surface area (TPSA) is 75.4 Å². The lowest BCUT2D eigenvalue weighted by molar-refractivity contribution is -0.140. The largest absolute Gasteiger partial charge is 0.388 e. The van der Waals surface area contributed by atoms with Gasteiger partial charge in [0.25, 0.3) is 5.56 Å². The van der Waals surface area contributed by atoms with Crippen LogP contribution in [0, 0.1) is 17.7 Å². The van der Waals surface area contributed by atoms with E-state index in [-0.39, 0.29) is 35.2 Å². The fourth-order valence-electron chi connectivity index (χ4n) is 5.31. The zero-order valence-corrected chi connectivity index (χ0v) is 19.4. The van der Waals surface area contributed by atoms with E-state index in [1.807, 2.05) is 11.8 Å². The molecule has 6 nitrogen and oxygen atoms in total. The second-order valence-electron chi connectivity index (χ2n) is 9.91. The van der Waals surface area contributed by atoms with Gasteiger partial charge < -0.3 is 10.0 Å². The number of hydrogen-bond donors (Lipinski definition) is 1. The second-order valence-corrected chi connectivity index (χ2v) is 9.91. The van der Waals surface area contributed by atoms with Crippen LogP contribution in [-0.4, -0.2) is 44.2 Å². The number of amides is 1. The fraction of sp³-hybridized carbons (Fsp3) is 0.577. The molecule has 2 heterocycles. The molecule has 33 heavy (non-hydrogen) atoms. The van der Waals surface area contributed by atoms with Crippen molar-refractivity contribution in [3.63, 3.8) is 0 Å². The van der Waals surface area contributed by atoms with E-state index in [0.29, 0.717) is 31.8 Å². The van der Waals surface area contributed by atoms with Gasteiger partial charge in [-0.15, -0.1) is 0 Å². The Morgan fingerprint density at radius 1 is 1.21 bits per heavy atom. The van der Waals surface area contributed by atoms with E-state index in [9.17, 15) is 19.1 Å². The standard InChI is InChI=1S/C26H34FN3O3/c1-19(15-20-7-3-2-4-8-20)25(32)29-13-11-26(33,12-14-29)17-30-18-28-23(16-24(30)31)21-9-5-6-10-22(21)27/h5-6,9-10,16,18-20,33H,2-4,7-8,11-15,17H2,1H3. The summed E-state index contributed by atoms with van der Waals surface area (Å²) in [7, 11) is 0. The van der Waals surface area contributed by atoms with Gasteiger partial charge >= 0.3 is 0 Å². The van der Waals surface area contributed by atoms with Crippen molar-refractivity contribution in [1.82, 2.24) is 14.5 Å². The number of aromatic nitrogens is 2. The maximum Gasteiger partial charge on any atom is 0.253 e. The van der Waals surface area contributed by atoms with Crippen molar-refractivity contribution in [2.75, 3.05) is 13.1 Å². The Morgan fingerprint density at radius 2 is 1.91 bits per heavy atom. The second kappa shape index (κ2) is 10.2. The Labute approximate surface area is 194 Å². The minimum Gasteiger partial charge on any atom is -0.388 e. The molecule has 1 saturated carbocycles. The first-order chi connectivity index (χ1) is 15.8. The highest BCUT2D eigenvalue weighted by atomic mass is 19.1. The predicted octanol–water partition coefficient (Wildman–Crippen LogP) is 4.01. The number of carbonyl (C=O) groups excluding carboxylic acids is 1. The summed E-state index contributed by atoms with van der Waals surface area (Å²) in [6.45, 7) is 3.11. The molecule has 1 aliphatic carbocycles. The van der Waals surface area contributed by atoms with Crippen molar-refractivity contribution in [3.05, 3.63) is 52.8 Å². The summed E-state index contributed by atoms with van der Waals surface area (Å²) >= 11 is 0. The van der Waals surface area contributed by atoms with Crippen LogP contribution in [0.4, 0.5) is 4.39 Å². The van der Waals surface area contributed by atoms with E-state index in [0.717, 1.165) is 6.42 Å². The summed E-state index contributed by atoms with van der Waals surface area (Å²) in [5.41, 5.74) is -0.867. The molecule has 1 aromatic carbocycles. The average molecular weight is 456 g/mol. The van der Waals surface area contributed by atoms with Crippen LogP contribution < -0.4 is 5.56 Å². The van der Waals surface area contributed by atoms with Crippen molar-refractivity contribution in [1.29, 1.82) is 0 Å². The summed E-state index contributed by atoms with van der Waals surface area (Å²) in [6.07, 6.45) is 9.48. The minimum absolute atomic E-state index is 0.0111. The number of rotatable bonds is 6. The summed E-state index contributed by atoms with van der Waals surface area (Å²) in [5, 5.41) is 11.1. The monoisotopic (exact) mass is 455 g/mol. The van der Waals surface area contributed by atoms with Gasteiger partial charge in [-0.25, -0.2) is 9.37 Å². The number of aliphatic hydroxyl groups is 1. The first kappa shape index (κ1) is 23.6. The summed E-state index contributed by atoms with van der Waals surface area (Å²) in [5.74, 6) is 0.411. The van der Waals surface area contributed by atoms with Gasteiger partial charge in [0.2, 0.25) is 5.91 Å². The number of hydrogen-bond acceptors (Lipinski definition) is 4. The maximum absolute atomic E-state index is 14.0. The van der Waals surface area contributed by atoms with Crippen LogP contribution in [0.5, 0.6) is 0 Å². The lowest BCUT2D eigenvalue weighted by Gasteiger charge is -2.39. The number of benzene rings is 1. The fourth-order valence-corrected chi connectivity index (χ4v) is 5.31. The molecular weight excluding hydrogens is 421 g/mol. The van der Waals surface area contributed by atoms with Crippen LogP contribution in [0.25, 0.3) is 11.3 Å². The number of carbonyl (C=O) groups is 1. The van der Waals surface area contributed by atoms with Crippen molar-refractivity contribution >= 4 is 5.91 Å². The Balaban J connectivity index is 1.34. The number of nitrogens with zero attached hydrogens (tertiary/aromatic N) is 3. The highest BCUT2D eigenvalue weighted by Crippen LogP contribution is 2.31. The summed E-state index contributed by atoms with van der Waals surface area (Å²) in [6, 6.07) is 7.49. The minimum atomic E-state index is -1.07. The maximum atomic E-state index is 14.0.